The van der Waals surface area contributed by atoms with Crippen LogP contribution in [0.4, 0.5) is 5.69 Å². The van der Waals surface area contributed by atoms with E-state index in [9.17, 15) is 9.90 Å². The van der Waals surface area contributed by atoms with Crippen LogP contribution in [-0.4, -0.2) is 27.6 Å². The van der Waals surface area contributed by atoms with E-state index in [-0.39, 0.29) is 17.0 Å². The highest BCUT2D eigenvalue weighted by molar-refractivity contribution is 7.16. The van der Waals surface area contributed by atoms with Crippen LogP contribution >= 0.6 is 11.3 Å². The number of nitrogens with zero attached hydrogens (tertiary/aromatic N) is 2. The first-order valence-corrected chi connectivity index (χ1v) is 14.5. The Morgan fingerprint density at radius 2 is 1.69 bits per heavy atom. The standard InChI is InChI=1S/C33H29N2O2S.Al/c1-4-33(5-2)29-18-22(21(3)35-25-9-7-6-8-10-25)11-14-27(29)28-15-12-23(19-30(28)33)31-16-13-26(38-31)17-24(20-34)32(36)37;/h6-19,21H,4-5H2,1-3H3,(H,36,37);/q-1;+1/b24-17+;. The van der Waals surface area contributed by atoms with Gasteiger partial charge in [0.1, 0.15) is 11.6 Å². The molecule has 1 aliphatic rings. The van der Waals surface area contributed by atoms with E-state index < -0.39 is 5.97 Å². The summed E-state index contributed by atoms with van der Waals surface area (Å²) in [5.41, 5.74) is 8.56. The number of aliphatic carboxylic acids is 1. The first-order chi connectivity index (χ1) is 18.8. The Morgan fingerprint density at radius 3 is 2.33 bits per heavy atom. The molecule has 0 amide bonds. The van der Waals surface area contributed by atoms with E-state index in [0.717, 1.165) is 33.8 Å². The number of anilines is 1. The summed E-state index contributed by atoms with van der Waals surface area (Å²) in [4.78, 5) is 13.1. The molecule has 0 spiro atoms. The van der Waals surface area contributed by atoms with Gasteiger partial charge in [0.2, 0.25) is 0 Å². The van der Waals surface area contributed by atoms with E-state index in [2.05, 4.69) is 102 Å². The van der Waals surface area contributed by atoms with Crippen LogP contribution in [0.25, 0.3) is 27.6 Å². The van der Waals surface area contributed by atoms with Gasteiger partial charge in [-0.15, -0.1) is 11.3 Å². The molecule has 1 aliphatic carbocycles. The van der Waals surface area contributed by atoms with E-state index in [0.29, 0.717) is 0 Å². The fraction of sp³-hybridized carbons (Fsp3) is 0.212. The lowest BCUT2D eigenvalue weighted by Crippen LogP contribution is -2.25. The molecule has 4 aromatic rings. The smallest absolute Gasteiger partial charge is 0.346 e. The van der Waals surface area contributed by atoms with Gasteiger partial charge in [0.15, 0.2) is 0 Å². The van der Waals surface area contributed by atoms with Crippen molar-refractivity contribution in [3.05, 3.63) is 106 Å². The Morgan fingerprint density at radius 1 is 1.03 bits per heavy atom. The monoisotopic (exact) mass is 544 g/mol. The van der Waals surface area contributed by atoms with Crippen molar-refractivity contribution in [1.82, 2.24) is 0 Å². The van der Waals surface area contributed by atoms with Crippen LogP contribution < -0.4 is 3.88 Å². The van der Waals surface area contributed by atoms with Crippen molar-refractivity contribution in [2.24, 2.45) is 0 Å². The Labute approximate surface area is 242 Å². The summed E-state index contributed by atoms with van der Waals surface area (Å²) in [6, 6.07) is 29.9. The van der Waals surface area contributed by atoms with Crippen LogP contribution in [0.3, 0.4) is 0 Å². The minimum absolute atomic E-state index is 0.0772. The number of nitriles is 1. The van der Waals surface area contributed by atoms with Gasteiger partial charge in [0.25, 0.3) is 0 Å². The van der Waals surface area contributed by atoms with Gasteiger partial charge in [0.05, 0.1) is 0 Å². The van der Waals surface area contributed by atoms with Crippen LogP contribution in [0.5, 0.6) is 0 Å². The van der Waals surface area contributed by atoms with Crippen molar-refractivity contribution in [2.45, 2.75) is 45.1 Å². The van der Waals surface area contributed by atoms with Gasteiger partial charge in [-0.1, -0.05) is 62.4 Å². The maximum absolute atomic E-state index is 11.3. The van der Waals surface area contributed by atoms with Gasteiger partial charge < -0.3 is 8.99 Å². The third-order valence-corrected chi connectivity index (χ3v) is 9.92. The van der Waals surface area contributed by atoms with Crippen LogP contribution in [0.1, 0.15) is 61.2 Å². The number of para-hydroxylation sites is 1. The number of benzene rings is 3. The van der Waals surface area contributed by atoms with Crippen LogP contribution in [-0.2, 0) is 10.2 Å². The number of rotatable bonds is 8. The van der Waals surface area contributed by atoms with E-state index in [1.807, 2.05) is 18.2 Å². The highest BCUT2D eigenvalue weighted by Crippen LogP contribution is 2.54. The Balaban J connectivity index is 1.54. The number of fused-ring (bicyclic) bond motifs is 3. The third kappa shape index (κ3) is 4.73. The van der Waals surface area contributed by atoms with Gasteiger partial charge >= 0.3 is 22.5 Å². The molecular weight excluding hydrogens is 515 g/mol. The number of hydrogen-bond donors (Lipinski definition) is 1. The van der Waals surface area contributed by atoms with Crippen molar-refractivity contribution < 1.29 is 9.90 Å². The van der Waals surface area contributed by atoms with Gasteiger partial charge in [-0.25, -0.2) is 4.79 Å². The molecule has 0 saturated heterocycles. The van der Waals surface area contributed by atoms with Gasteiger partial charge in [-0.05, 0) is 89.6 Å². The molecule has 2 radical (unpaired) electrons. The van der Waals surface area contributed by atoms with Crippen molar-refractivity contribution in [2.75, 3.05) is 3.88 Å². The molecule has 39 heavy (non-hydrogen) atoms. The van der Waals surface area contributed by atoms with E-state index in [1.165, 1.54) is 45.2 Å². The summed E-state index contributed by atoms with van der Waals surface area (Å²) >= 11 is 4.39. The summed E-state index contributed by atoms with van der Waals surface area (Å²) in [6.07, 6.45) is 3.43. The van der Waals surface area contributed by atoms with Crippen molar-refractivity contribution in [3.63, 3.8) is 0 Å². The van der Waals surface area contributed by atoms with Gasteiger partial charge in [0, 0.05) is 26.9 Å². The molecule has 192 valence electrons. The molecule has 0 saturated carbocycles. The lowest BCUT2D eigenvalue weighted by Gasteiger charge is -2.33. The molecule has 3 aromatic carbocycles. The fourth-order valence-corrected chi connectivity index (χ4v) is 7.08. The highest BCUT2D eigenvalue weighted by atomic mass is 32.1. The van der Waals surface area contributed by atoms with Crippen molar-refractivity contribution >= 4 is 45.6 Å². The molecule has 0 aliphatic heterocycles. The van der Waals surface area contributed by atoms with E-state index in [4.69, 9.17) is 5.26 Å². The molecule has 1 unspecified atom stereocenters. The number of carboxylic acid groups (broad SMARTS) is 1. The fourth-order valence-electron chi connectivity index (χ4n) is 5.79. The summed E-state index contributed by atoms with van der Waals surface area (Å²) in [5.74, 6) is -1.21. The molecule has 4 nitrogen and oxygen atoms in total. The zero-order chi connectivity index (χ0) is 27.7. The third-order valence-electron chi connectivity index (χ3n) is 8.09. The maximum Gasteiger partial charge on any atom is 0.346 e. The maximum atomic E-state index is 11.3. The Kier molecular flexibility index (Phi) is 7.52. The van der Waals surface area contributed by atoms with Crippen LogP contribution in [0.15, 0.2) is 84.4 Å². The first kappa shape index (κ1) is 27.0. The molecule has 1 aromatic heterocycles. The van der Waals surface area contributed by atoms with Crippen molar-refractivity contribution in [3.8, 4) is 27.6 Å². The SMILES string of the molecule is CCC1(CC)c2cc(-c3ccc(/C=C(\C#N)C(=O)O)s3)ccc2-c2ccc(C(C)[N]([Al])c3ccccc3)cc21. The lowest BCUT2D eigenvalue weighted by molar-refractivity contribution is -0.132. The number of carbonyl (C=O) groups is 1. The highest BCUT2D eigenvalue weighted by Gasteiger charge is 2.41. The Bertz CT molecular complexity index is 1610. The summed E-state index contributed by atoms with van der Waals surface area (Å²) in [7, 11) is 0. The number of hydrogen-bond acceptors (Lipinski definition) is 4. The number of thiophene rings is 1. The quantitative estimate of drug-likeness (QED) is 0.138. The normalized spacial score (nSPS) is 14.3. The van der Waals surface area contributed by atoms with Gasteiger partial charge in [-0.3, -0.25) is 0 Å². The summed E-state index contributed by atoms with van der Waals surface area (Å²) < 4.78 is 2.24. The molecular formula is C33H29AlN2O2S. The second-order valence-corrected chi connectivity index (χ2v) is 11.6. The predicted molar refractivity (Wildman–Crippen MR) is 161 cm³/mol. The molecule has 0 bridgehead atoms. The first-order valence-electron chi connectivity index (χ1n) is 13.2. The van der Waals surface area contributed by atoms with Crippen LogP contribution in [0, 0.1) is 11.3 Å². The topological polar surface area (TPSA) is 64.3 Å². The predicted octanol–water partition coefficient (Wildman–Crippen LogP) is 8.14. The molecule has 1 atom stereocenters. The minimum Gasteiger partial charge on any atom is -0.477 e. The second kappa shape index (κ2) is 10.9. The summed E-state index contributed by atoms with van der Waals surface area (Å²) in [6.45, 7) is 6.80. The van der Waals surface area contributed by atoms with Crippen molar-refractivity contribution in [1.29, 1.82) is 5.26 Å². The average Bonchev–Trinajstić information content (AvgIpc) is 3.55. The average molecular weight is 545 g/mol. The lowest BCUT2D eigenvalue weighted by atomic mass is 9.73. The second-order valence-electron chi connectivity index (χ2n) is 9.95. The zero-order valence-electron chi connectivity index (χ0n) is 22.3. The minimum atomic E-state index is -1.21. The largest absolute Gasteiger partial charge is 0.477 e. The molecule has 6 heteroatoms. The number of carboxylic acids is 1. The van der Waals surface area contributed by atoms with Crippen LogP contribution in [0.2, 0.25) is 0 Å². The molecule has 1 N–H and O–H groups in total. The Hall–Kier alpha value is -3.61. The molecule has 5 rings (SSSR count). The zero-order valence-corrected chi connectivity index (χ0v) is 24.3. The molecule has 1 heterocycles. The van der Waals surface area contributed by atoms with E-state index >= 15 is 0 Å². The molecule has 0 fully saturated rings. The summed E-state index contributed by atoms with van der Waals surface area (Å²) in [5, 5.41) is 18.3. The van der Waals surface area contributed by atoms with Gasteiger partial charge in [-0.2, -0.15) is 5.26 Å². The van der Waals surface area contributed by atoms with E-state index in [1.54, 1.807) is 6.07 Å².